The molecule has 10 heteroatoms. The third-order valence-electron chi connectivity index (χ3n) is 5.47. The SMILES string of the molecule is COC[C@H]1CCCN1c1cc(=O)n(CC(=O)Nc2ccc3nncn3c2)nc1C(C)C. The molecule has 4 rings (SSSR count). The molecule has 1 atom stereocenters. The number of fused-ring (bicyclic) bond motifs is 1. The average molecular weight is 425 g/mol. The summed E-state index contributed by atoms with van der Waals surface area (Å²) in [7, 11) is 1.69. The van der Waals surface area contributed by atoms with Gasteiger partial charge in [0, 0.05) is 25.9 Å². The number of pyridine rings is 1. The van der Waals surface area contributed by atoms with Gasteiger partial charge >= 0.3 is 0 Å². The molecule has 1 N–H and O–H groups in total. The number of carbonyl (C=O) groups excluding carboxylic acids is 1. The van der Waals surface area contributed by atoms with Crippen LogP contribution in [0.2, 0.25) is 0 Å². The highest BCUT2D eigenvalue weighted by molar-refractivity contribution is 5.90. The van der Waals surface area contributed by atoms with Gasteiger partial charge in [0.05, 0.1) is 29.7 Å². The normalized spacial score (nSPS) is 16.4. The van der Waals surface area contributed by atoms with Crippen LogP contribution in [0.5, 0.6) is 0 Å². The van der Waals surface area contributed by atoms with Crippen molar-refractivity contribution in [1.29, 1.82) is 0 Å². The average Bonchev–Trinajstić information content (AvgIpc) is 3.38. The van der Waals surface area contributed by atoms with Crippen molar-refractivity contribution in [2.45, 2.75) is 45.2 Å². The van der Waals surface area contributed by atoms with Gasteiger partial charge in [-0.3, -0.25) is 14.0 Å². The van der Waals surface area contributed by atoms with E-state index in [1.165, 1.54) is 4.68 Å². The number of rotatable bonds is 7. The zero-order valence-electron chi connectivity index (χ0n) is 18.0. The van der Waals surface area contributed by atoms with Crippen LogP contribution in [0.4, 0.5) is 11.4 Å². The Morgan fingerprint density at radius 3 is 2.97 bits per heavy atom. The van der Waals surface area contributed by atoms with E-state index in [9.17, 15) is 9.59 Å². The molecule has 0 radical (unpaired) electrons. The van der Waals surface area contributed by atoms with Crippen LogP contribution >= 0.6 is 0 Å². The van der Waals surface area contributed by atoms with E-state index >= 15 is 0 Å². The minimum Gasteiger partial charge on any atom is -0.383 e. The van der Waals surface area contributed by atoms with E-state index in [0.29, 0.717) is 17.9 Å². The number of nitrogens with one attached hydrogen (secondary N) is 1. The fraction of sp³-hybridized carbons (Fsp3) is 0.476. The van der Waals surface area contributed by atoms with Gasteiger partial charge in [-0.15, -0.1) is 10.2 Å². The summed E-state index contributed by atoms with van der Waals surface area (Å²) in [6.45, 7) is 5.39. The van der Waals surface area contributed by atoms with E-state index in [1.54, 1.807) is 42.2 Å². The van der Waals surface area contributed by atoms with Gasteiger partial charge in [-0.2, -0.15) is 5.10 Å². The second kappa shape index (κ2) is 8.84. The topological polar surface area (TPSA) is 107 Å². The van der Waals surface area contributed by atoms with Gasteiger partial charge in [0.25, 0.3) is 5.56 Å². The number of methoxy groups -OCH3 is 1. The Kier molecular flexibility index (Phi) is 5.99. The van der Waals surface area contributed by atoms with Crippen LogP contribution in [-0.2, 0) is 16.1 Å². The van der Waals surface area contributed by atoms with E-state index in [4.69, 9.17) is 4.74 Å². The maximum absolute atomic E-state index is 12.8. The molecule has 0 bridgehead atoms. The molecular formula is C21H27N7O3. The standard InChI is InChI=1S/C21H27N7O3/c1-14(2)21-17(27-8-4-5-16(27)12-31-3)9-20(30)28(25-21)11-19(29)23-15-6-7-18-24-22-13-26(18)10-15/h6-7,9-10,13-14,16H,4-5,8,11-12H2,1-3H3,(H,23,29)/t16-/m1/s1. The van der Waals surface area contributed by atoms with Crippen LogP contribution in [0.1, 0.15) is 38.3 Å². The summed E-state index contributed by atoms with van der Waals surface area (Å²) in [4.78, 5) is 27.6. The quantitative estimate of drug-likeness (QED) is 0.613. The molecule has 1 aliphatic heterocycles. The molecule has 0 aromatic carbocycles. The lowest BCUT2D eigenvalue weighted by Gasteiger charge is -2.29. The van der Waals surface area contributed by atoms with Crippen molar-refractivity contribution in [3.8, 4) is 0 Å². The molecule has 3 aromatic heterocycles. The summed E-state index contributed by atoms with van der Waals surface area (Å²) < 4.78 is 8.29. The predicted octanol–water partition coefficient (Wildman–Crippen LogP) is 1.66. The molecule has 4 heterocycles. The van der Waals surface area contributed by atoms with Crippen LogP contribution in [0.15, 0.2) is 35.5 Å². The highest BCUT2D eigenvalue weighted by Gasteiger charge is 2.28. The van der Waals surface area contributed by atoms with Gasteiger partial charge in [-0.1, -0.05) is 13.8 Å². The molecule has 0 unspecified atom stereocenters. The lowest BCUT2D eigenvalue weighted by Crippen LogP contribution is -2.37. The first-order valence-electron chi connectivity index (χ1n) is 10.4. The zero-order valence-corrected chi connectivity index (χ0v) is 18.0. The molecular weight excluding hydrogens is 398 g/mol. The second-order valence-electron chi connectivity index (χ2n) is 8.07. The summed E-state index contributed by atoms with van der Waals surface area (Å²) in [6, 6.07) is 5.33. The van der Waals surface area contributed by atoms with Crippen molar-refractivity contribution in [2.24, 2.45) is 0 Å². The summed E-state index contributed by atoms with van der Waals surface area (Å²) >= 11 is 0. The number of hydrogen-bond acceptors (Lipinski definition) is 7. The molecule has 1 amide bonds. The third kappa shape index (κ3) is 4.43. The van der Waals surface area contributed by atoms with Crippen molar-refractivity contribution in [3.63, 3.8) is 0 Å². The Bertz CT molecular complexity index is 1140. The van der Waals surface area contributed by atoms with Gasteiger partial charge < -0.3 is 15.0 Å². The molecule has 0 aliphatic carbocycles. The molecule has 0 saturated carbocycles. The number of ether oxygens (including phenoxy) is 1. The fourth-order valence-electron chi connectivity index (χ4n) is 4.01. The summed E-state index contributed by atoms with van der Waals surface area (Å²) in [5.41, 5.74) is 2.62. The highest BCUT2D eigenvalue weighted by Crippen LogP contribution is 2.30. The van der Waals surface area contributed by atoms with Crippen molar-refractivity contribution < 1.29 is 9.53 Å². The minimum absolute atomic E-state index is 0.102. The van der Waals surface area contributed by atoms with Crippen molar-refractivity contribution in [1.82, 2.24) is 24.4 Å². The molecule has 10 nitrogen and oxygen atoms in total. The predicted molar refractivity (Wildman–Crippen MR) is 116 cm³/mol. The molecule has 3 aromatic rings. The zero-order chi connectivity index (χ0) is 22.0. The van der Waals surface area contributed by atoms with Gasteiger partial charge in [-0.05, 0) is 30.9 Å². The van der Waals surface area contributed by atoms with Crippen molar-refractivity contribution >= 4 is 22.9 Å². The van der Waals surface area contributed by atoms with Gasteiger partial charge in [0.2, 0.25) is 5.91 Å². The number of aromatic nitrogens is 5. The molecule has 31 heavy (non-hydrogen) atoms. The lowest BCUT2D eigenvalue weighted by atomic mass is 10.1. The van der Waals surface area contributed by atoms with Crippen molar-refractivity contribution in [3.05, 3.63) is 46.8 Å². The first-order chi connectivity index (χ1) is 15.0. The van der Waals surface area contributed by atoms with Crippen molar-refractivity contribution in [2.75, 3.05) is 30.5 Å². The third-order valence-corrected chi connectivity index (χ3v) is 5.47. The smallest absolute Gasteiger partial charge is 0.269 e. The Morgan fingerprint density at radius 1 is 1.35 bits per heavy atom. The molecule has 1 saturated heterocycles. The summed E-state index contributed by atoms with van der Waals surface area (Å²) in [5.74, 6) is -0.229. The first-order valence-corrected chi connectivity index (χ1v) is 10.4. The molecule has 1 fully saturated rings. The highest BCUT2D eigenvalue weighted by atomic mass is 16.5. The fourth-order valence-corrected chi connectivity index (χ4v) is 4.01. The number of nitrogens with zero attached hydrogens (tertiary/aromatic N) is 6. The monoisotopic (exact) mass is 425 g/mol. The Labute approximate surface area is 179 Å². The summed E-state index contributed by atoms with van der Waals surface area (Å²) in [6.07, 6.45) is 5.34. The van der Waals surface area contributed by atoms with Gasteiger partial charge in [-0.25, -0.2) is 4.68 Å². The largest absolute Gasteiger partial charge is 0.383 e. The van der Waals surface area contributed by atoms with Crippen LogP contribution in [0.3, 0.4) is 0 Å². The van der Waals surface area contributed by atoms with E-state index in [1.807, 2.05) is 13.8 Å². The van der Waals surface area contributed by atoms with Gasteiger partial charge in [0.1, 0.15) is 12.9 Å². The van der Waals surface area contributed by atoms with Crippen LogP contribution in [-0.4, -0.2) is 56.6 Å². The number of carbonyl (C=O) groups is 1. The second-order valence-corrected chi connectivity index (χ2v) is 8.07. The maximum atomic E-state index is 12.8. The molecule has 1 aliphatic rings. The first kappa shape index (κ1) is 21.0. The number of anilines is 2. The van der Waals surface area contributed by atoms with Crippen LogP contribution in [0.25, 0.3) is 5.65 Å². The van der Waals surface area contributed by atoms with Crippen LogP contribution in [0, 0.1) is 0 Å². The van der Waals surface area contributed by atoms with E-state index in [-0.39, 0.29) is 30.0 Å². The Morgan fingerprint density at radius 2 is 2.19 bits per heavy atom. The molecule has 0 spiro atoms. The van der Waals surface area contributed by atoms with Crippen LogP contribution < -0.4 is 15.8 Å². The van der Waals surface area contributed by atoms with E-state index in [2.05, 4.69) is 25.5 Å². The Balaban J connectivity index is 1.56. The Hall–Kier alpha value is -3.27. The minimum atomic E-state index is -0.331. The van der Waals surface area contributed by atoms with E-state index < -0.39 is 0 Å². The summed E-state index contributed by atoms with van der Waals surface area (Å²) in [5, 5.41) is 15.1. The number of amides is 1. The maximum Gasteiger partial charge on any atom is 0.269 e. The molecule has 164 valence electrons. The van der Waals surface area contributed by atoms with Gasteiger partial charge in [0.15, 0.2) is 5.65 Å². The van der Waals surface area contributed by atoms with E-state index in [0.717, 1.165) is 30.8 Å². The number of hydrogen-bond donors (Lipinski definition) is 1. The lowest BCUT2D eigenvalue weighted by molar-refractivity contribution is -0.117.